The Morgan fingerprint density at radius 2 is 1.94 bits per heavy atom. The van der Waals surface area contributed by atoms with Crippen LogP contribution in [0.3, 0.4) is 0 Å². The van der Waals surface area contributed by atoms with Crippen LogP contribution in [0.15, 0.2) is 24.3 Å². The number of hydrogen-bond donors (Lipinski definition) is 1. The SMILES string of the molecule is CN1CC2(CCCC2)C(=O)Nc2ccccc21. The summed E-state index contributed by atoms with van der Waals surface area (Å²) in [5.41, 5.74) is 1.92. The number of hydrogen-bond acceptors (Lipinski definition) is 2. The predicted molar refractivity (Wildman–Crippen MR) is 69.2 cm³/mol. The summed E-state index contributed by atoms with van der Waals surface area (Å²) < 4.78 is 0. The van der Waals surface area contributed by atoms with Crippen LogP contribution in [0.1, 0.15) is 25.7 Å². The number of nitrogens with zero attached hydrogens (tertiary/aromatic N) is 1. The van der Waals surface area contributed by atoms with Crippen LogP contribution in [-0.2, 0) is 4.79 Å². The molecule has 1 amide bonds. The highest BCUT2D eigenvalue weighted by Crippen LogP contribution is 2.43. The zero-order valence-corrected chi connectivity index (χ0v) is 10.2. The number of carbonyl (C=O) groups excluding carboxylic acids is 1. The quantitative estimate of drug-likeness (QED) is 0.743. The lowest BCUT2D eigenvalue weighted by Crippen LogP contribution is -2.40. The van der Waals surface area contributed by atoms with E-state index in [0.29, 0.717) is 0 Å². The van der Waals surface area contributed by atoms with E-state index in [0.717, 1.165) is 30.8 Å². The minimum atomic E-state index is -0.159. The van der Waals surface area contributed by atoms with Gasteiger partial charge in [-0.15, -0.1) is 0 Å². The Morgan fingerprint density at radius 3 is 2.71 bits per heavy atom. The topological polar surface area (TPSA) is 32.3 Å². The van der Waals surface area contributed by atoms with Crippen molar-refractivity contribution in [3.8, 4) is 0 Å². The maximum Gasteiger partial charge on any atom is 0.232 e. The molecular formula is C14H18N2O. The van der Waals surface area contributed by atoms with E-state index in [1.54, 1.807) is 0 Å². The van der Waals surface area contributed by atoms with Gasteiger partial charge in [-0.05, 0) is 25.0 Å². The number of fused-ring (bicyclic) bond motifs is 1. The number of carbonyl (C=O) groups is 1. The molecule has 1 aliphatic heterocycles. The molecule has 0 saturated heterocycles. The largest absolute Gasteiger partial charge is 0.372 e. The summed E-state index contributed by atoms with van der Waals surface area (Å²) in [6.45, 7) is 0.843. The molecule has 90 valence electrons. The van der Waals surface area contributed by atoms with Crippen molar-refractivity contribution in [2.75, 3.05) is 23.8 Å². The molecule has 1 aromatic carbocycles. The summed E-state index contributed by atoms with van der Waals surface area (Å²) in [7, 11) is 2.08. The first kappa shape index (κ1) is 10.6. The van der Waals surface area contributed by atoms with E-state index in [4.69, 9.17) is 0 Å². The van der Waals surface area contributed by atoms with Crippen LogP contribution in [0.5, 0.6) is 0 Å². The van der Waals surface area contributed by atoms with E-state index >= 15 is 0 Å². The minimum absolute atomic E-state index is 0.159. The molecule has 0 radical (unpaired) electrons. The highest BCUT2D eigenvalue weighted by Gasteiger charge is 2.43. The molecule has 1 N–H and O–H groups in total. The third-order valence-electron chi connectivity index (χ3n) is 4.15. The van der Waals surface area contributed by atoms with E-state index in [1.807, 2.05) is 18.2 Å². The summed E-state index contributed by atoms with van der Waals surface area (Å²) >= 11 is 0. The second-order valence-corrected chi connectivity index (χ2v) is 5.31. The predicted octanol–water partition coefficient (Wildman–Crippen LogP) is 2.64. The molecular weight excluding hydrogens is 212 g/mol. The Hall–Kier alpha value is -1.51. The molecule has 1 fully saturated rings. The first-order chi connectivity index (χ1) is 8.21. The van der Waals surface area contributed by atoms with Gasteiger partial charge in [-0.25, -0.2) is 0 Å². The lowest BCUT2D eigenvalue weighted by Gasteiger charge is -2.29. The normalized spacial score (nSPS) is 22.2. The van der Waals surface area contributed by atoms with Gasteiger partial charge in [0.25, 0.3) is 0 Å². The number of benzene rings is 1. The molecule has 0 bridgehead atoms. The van der Waals surface area contributed by atoms with Gasteiger partial charge < -0.3 is 10.2 Å². The third kappa shape index (κ3) is 1.61. The van der Waals surface area contributed by atoms with Crippen molar-refractivity contribution in [1.82, 2.24) is 0 Å². The van der Waals surface area contributed by atoms with E-state index in [-0.39, 0.29) is 11.3 Å². The smallest absolute Gasteiger partial charge is 0.232 e. The Morgan fingerprint density at radius 1 is 1.24 bits per heavy atom. The van der Waals surface area contributed by atoms with E-state index in [9.17, 15) is 4.79 Å². The fourth-order valence-corrected chi connectivity index (χ4v) is 3.22. The van der Waals surface area contributed by atoms with Crippen LogP contribution in [0.25, 0.3) is 0 Å². The fraction of sp³-hybridized carbons (Fsp3) is 0.500. The second-order valence-electron chi connectivity index (χ2n) is 5.31. The maximum atomic E-state index is 12.4. The highest BCUT2D eigenvalue weighted by atomic mass is 16.2. The molecule has 0 aromatic heterocycles. The molecule has 3 rings (SSSR count). The van der Waals surface area contributed by atoms with Crippen LogP contribution in [0.2, 0.25) is 0 Å². The monoisotopic (exact) mass is 230 g/mol. The van der Waals surface area contributed by atoms with Gasteiger partial charge in [0.15, 0.2) is 0 Å². The van der Waals surface area contributed by atoms with Crippen molar-refractivity contribution in [1.29, 1.82) is 0 Å². The Bertz CT molecular complexity index is 449. The maximum absolute atomic E-state index is 12.4. The van der Waals surface area contributed by atoms with Crippen LogP contribution in [-0.4, -0.2) is 19.5 Å². The van der Waals surface area contributed by atoms with Gasteiger partial charge in [0.2, 0.25) is 5.91 Å². The molecule has 2 aliphatic rings. The highest BCUT2D eigenvalue weighted by molar-refractivity contribution is 6.00. The molecule has 1 spiro atoms. The van der Waals surface area contributed by atoms with Gasteiger partial charge in [-0.3, -0.25) is 4.79 Å². The van der Waals surface area contributed by atoms with Gasteiger partial charge in [-0.2, -0.15) is 0 Å². The number of rotatable bonds is 0. The Balaban J connectivity index is 2.02. The van der Waals surface area contributed by atoms with Gasteiger partial charge in [0.05, 0.1) is 16.8 Å². The van der Waals surface area contributed by atoms with Crippen LogP contribution >= 0.6 is 0 Å². The average Bonchev–Trinajstić information content (AvgIpc) is 2.75. The molecule has 1 saturated carbocycles. The molecule has 1 heterocycles. The average molecular weight is 230 g/mol. The lowest BCUT2D eigenvalue weighted by molar-refractivity contribution is -0.124. The van der Waals surface area contributed by atoms with Crippen molar-refractivity contribution in [3.05, 3.63) is 24.3 Å². The van der Waals surface area contributed by atoms with E-state index in [2.05, 4.69) is 23.3 Å². The molecule has 1 aromatic rings. The second kappa shape index (κ2) is 3.76. The van der Waals surface area contributed by atoms with Crippen molar-refractivity contribution < 1.29 is 4.79 Å². The van der Waals surface area contributed by atoms with E-state index < -0.39 is 0 Å². The van der Waals surface area contributed by atoms with Crippen LogP contribution in [0.4, 0.5) is 11.4 Å². The Kier molecular flexibility index (Phi) is 2.35. The van der Waals surface area contributed by atoms with Crippen molar-refractivity contribution in [3.63, 3.8) is 0 Å². The first-order valence-electron chi connectivity index (χ1n) is 6.33. The van der Waals surface area contributed by atoms with Gasteiger partial charge >= 0.3 is 0 Å². The number of amides is 1. The van der Waals surface area contributed by atoms with E-state index in [1.165, 1.54) is 12.8 Å². The lowest BCUT2D eigenvalue weighted by atomic mass is 9.85. The minimum Gasteiger partial charge on any atom is -0.372 e. The van der Waals surface area contributed by atoms with Crippen LogP contribution < -0.4 is 10.2 Å². The standard InChI is InChI=1S/C14H18N2O/c1-16-10-14(8-4-5-9-14)13(17)15-11-6-2-3-7-12(11)16/h2-3,6-7H,4-5,8-10H2,1H3,(H,15,17). The van der Waals surface area contributed by atoms with Gasteiger partial charge in [-0.1, -0.05) is 25.0 Å². The molecule has 0 atom stereocenters. The van der Waals surface area contributed by atoms with Crippen molar-refractivity contribution >= 4 is 17.3 Å². The summed E-state index contributed by atoms with van der Waals surface area (Å²) in [5, 5.41) is 3.10. The molecule has 3 nitrogen and oxygen atoms in total. The number of para-hydroxylation sites is 2. The summed E-state index contributed by atoms with van der Waals surface area (Å²) in [6, 6.07) is 8.05. The van der Waals surface area contributed by atoms with Gasteiger partial charge in [0, 0.05) is 13.6 Å². The first-order valence-corrected chi connectivity index (χ1v) is 6.33. The molecule has 3 heteroatoms. The summed E-state index contributed by atoms with van der Waals surface area (Å²) in [4.78, 5) is 14.6. The molecule has 0 unspecified atom stereocenters. The zero-order chi connectivity index (χ0) is 11.9. The molecule has 1 aliphatic carbocycles. The van der Waals surface area contributed by atoms with Crippen molar-refractivity contribution in [2.24, 2.45) is 5.41 Å². The summed E-state index contributed by atoms with van der Waals surface area (Å²) in [6.07, 6.45) is 4.41. The number of anilines is 2. The number of nitrogens with one attached hydrogen (secondary N) is 1. The fourth-order valence-electron chi connectivity index (χ4n) is 3.22. The van der Waals surface area contributed by atoms with Crippen molar-refractivity contribution in [2.45, 2.75) is 25.7 Å². The van der Waals surface area contributed by atoms with Gasteiger partial charge in [0.1, 0.15) is 0 Å². The Labute approximate surface area is 102 Å². The molecule has 17 heavy (non-hydrogen) atoms. The third-order valence-corrected chi connectivity index (χ3v) is 4.15. The summed E-state index contributed by atoms with van der Waals surface area (Å²) in [5.74, 6) is 0.215. The van der Waals surface area contributed by atoms with Crippen LogP contribution in [0, 0.1) is 5.41 Å². The zero-order valence-electron chi connectivity index (χ0n) is 10.2.